The SMILES string of the molecule is Cc1c(Sc2ccc(S(C)(=O)=O)cc2C(F)(F)F)c2cc(C#N)ccn2c1CC(=O)O. The van der Waals surface area contributed by atoms with Gasteiger partial charge in [0.1, 0.15) is 0 Å². The van der Waals surface area contributed by atoms with Crippen molar-refractivity contribution in [1.82, 2.24) is 4.40 Å². The number of aliphatic carboxylic acids is 1. The Bertz CT molecular complexity index is 1350. The molecular formula is C20H15F3N2O4S2. The number of aromatic nitrogens is 1. The summed E-state index contributed by atoms with van der Waals surface area (Å²) in [6.45, 7) is 1.60. The van der Waals surface area contributed by atoms with E-state index in [-0.39, 0.29) is 16.9 Å². The third-order valence-corrected chi connectivity index (χ3v) is 7.00. The van der Waals surface area contributed by atoms with Gasteiger partial charge in [0.2, 0.25) is 0 Å². The van der Waals surface area contributed by atoms with Crippen LogP contribution in [0.2, 0.25) is 0 Å². The number of pyridine rings is 1. The van der Waals surface area contributed by atoms with Crippen molar-refractivity contribution >= 4 is 33.1 Å². The molecule has 6 nitrogen and oxygen atoms in total. The molecule has 2 heterocycles. The van der Waals surface area contributed by atoms with Crippen LogP contribution in [0.1, 0.15) is 22.4 Å². The summed E-state index contributed by atoms with van der Waals surface area (Å²) in [7, 11) is -3.85. The number of fused-ring (bicyclic) bond motifs is 1. The summed E-state index contributed by atoms with van der Waals surface area (Å²) in [6, 6.07) is 7.67. The molecule has 0 bridgehead atoms. The Labute approximate surface area is 179 Å². The smallest absolute Gasteiger partial charge is 0.417 e. The molecule has 0 fully saturated rings. The number of hydrogen-bond donors (Lipinski definition) is 1. The van der Waals surface area contributed by atoms with E-state index >= 15 is 0 Å². The van der Waals surface area contributed by atoms with Gasteiger partial charge >= 0.3 is 12.1 Å². The molecule has 0 amide bonds. The van der Waals surface area contributed by atoms with Crippen molar-refractivity contribution < 1.29 is 31.5 Å². The maximum absolute atomic E-state index is 13.7. The van der Waals surface area contributed by atoms with E-state index in [2.05, 4.69) is 0 Å². The number of halogens is 3. The van der Waals surface area contributed by atoms with E-state index in [1.54, 1.807) is 6.92 Å². The molecule has 11 heteroatoms. The van der Waals surface area contributed by atoms with E-state index in [0.29, 0.717) is 27.7 Å². The van der Waals surface area contributed by atoms with Crippen molar-refractivity contribution in [3.63, 3.8) is 0 Å². The molecule has 31 heavy (non-hydrogen) atoms. The van der Waals surface area contributed by atoms with E-state index in [0.717, 1.165) is 30.2 Å². The van der Waals surface area contributed by atoms with Gasteiger partial charge in [0.15, 0.2) is 9.84 Å². The first-order valence-electron chi connectivity index (χ1n) is 8.67. The average molecular weight is 468 g/mol. The summed E-state index contributed by atoms with van der Waals surface area (Å²) in [4.78, 5) is 11.0. The van der Waals surface area contributed by atoms with Crippen molar-refractivity contribution in [3.05, 3.63) is 58.9 Å². The van der Waals surface area contributed by atoms with Crippen LogP contribution in [0.25, 0.3) is 5.52 Å². The molecule has 0 spiro atoms. The van der Waals surface area contributed by atoms with E-state index in [9.17, 15) is 36.8 Å². The number of carbonyl (C=O) groups is 1. The Hall–Kier alpha value is -2.97. The van der Waals surface area contributed by atoms with Gasteiger partial charge in [0, 0.05) is 27.9 Å². The summed E-state index contributed by atoms with van der Waals surface area (Å²) in [5.41, 5.74) is 0.365. The maximum atomic E-state index is 13.7. The van der Waals surface area contributed by atoms with Crippen LogP contribution in [0.4, 0.5) is 13.2 Å². The first-order valence-corrected chi connectivity index (χ1v) is 11.4. The minimum Gasteiger partial charge on any atom is -0.481 e. The van der Waals surface area contributed by atoms with Gasteiger partial charge in [-0.05, 0) is 42.8 Å². The minimum atomic E-state index is -4.81. The Balaban J connectivity index is 2.25. The minimum absolute atomic E-state index is 0.236. The Morgan fingerprint density at radius 3 is 2.48 bits per heavy atom. The zero-order chi connectivity index (χ0) is 23.1. The number of carboxylic acid groups (broad SMARTS) is 1. The van der Waals surface area contributed by atoms with Crippen molar-refractivity contribution in [2.45, 2.75) is 34.2 Å². The highest BCUT2D eigenvalue weighted by atomic mass is 32.2. The predicted octanol–water partition coefficient (Wildman–Crippen LogP) is 4.32. The molecule has 1 aromatic carbocycles. The zero-order valence-electron chi connectivity index (χ0n) is 16.2. The number of nitrogens with zero attached hydrogens (tertiary/aromatic N) is 2. The van der Waals surface area contributed by atoms with Crippen LogP contribution in [0, 0.1) is 18.3 Å². The third kappa shape index (κ3) is 4.55. The zero-order valence-corrected chi connectivity index (χ0v) is 17.8. The van der Waals surface area contributed by atoms with E-state index < -0.39 is 32.4 Å². The fourth-order valence-electron chi connectivity index (χ4n) is 3.13. The fraction of sp³-hybridized carbons (Fsp3) is 0.200. The lowest BCUT2D eigenvalue weighted by atomic mass is 10.2. The van der Waals surface area contributed by atoms with Crippen LogP contribution >= 0.6 is 11.8 Å². The molecule has 0 aliphatic rings. The van der Waals surface area contributed by atoms with Gasteiger partial charge < -0.3 is 9.51 Å². The first kappa shape index (κ1) is 22.7. The highest BCUT2D eigenvalue weighted by molar-refractivity contribution is 7.99. The van der Waals surface area contributed by atoms with Crippen LogP contribution in [0.3, 0.4) is 0 Å². The standard InChI is InChI=1S/C20H15F3N2O4S2/c1-11-15(9-18(26)27)25-6-5-12(10-24)7-16(25)19(11)30-17-4-3-13(31(2,28)29)8-14(17)20(21,22)23/h3-8H,9H2,1-2H3,(H,26,27). The molecule has 0 radical (unpaired) electrons. The van der Waals surface area contributed by atoms with Crippen molar-refractivity contribution in [2.75, 3.05) is 6.26 Å². The molecule has 0 aliphatic heterocycles. The lowest BCUT2D eigenvalue weighted by Gasteiger charge is -2.14. The molecule has 3 rings (SSSR count). The van der Waals surface area contributed by atoms with Crippen molar-refractivity contribution in [1.29, 1.82) is 5.26 Å². The Morgan fingerprint density at radius 1 is 1.26 bits per heavy atom. The number of benzene rings is 1. The topological polar surface area (TPSA) is 99.6 Å². The van der Waals surface area contributed by atoms with E-state index in [4.69, 9.17) is 0 Å². The molecule has 162 valence electrons. The highest BCUT2D eigenvalue weighted by Gasteiger charge is 2.35. The largest absolute Gasteiger partial charge is 0.481 e. The van der Waals surface area contributed by atoms with Crippen LogP contribution in [-0.2, 0) is 27.2 Å². The van der Waals surface area contributed by atoms with Gasteiger partial charge in [-0.2, -0.15) is 18.4 Å². The number of hydrogen-bond acceptors (Lipinski definition) is 5. The molecule has 0 saturated heterocycles. The molecular weight excluding hydrogens is 453 g/mol. The first-order chi connectivity index (χ1) is 14.3. The van der Waals surface area contributed by atoms with Gasteiger partial charge in [0.05, 0.1) is 34.0 Å². The lowest BCUT2D eigenvalue weighted by Crippen LogP contribution is -2.09. The number of carboxylic acids is 1. The third-order valence-electron chi connectivity index (χ3n) is 4.60. The monoisotopic (exact) mass is 468 g/mol. The summed E-state index contributed by atoms with van der Waals surface area (Å²) in [5.74, 6) is -1.11. The normalized spacial score (nSPS) is 12.1. The Kier molecular flexibility index (Phi) is 5.82. The van der Waals surface area contributed by atoms with Crippen LogP contribution in [0.15, 0.2) is 51.2 Å². The molecule has 2 aromatic heterocycles. The molecule has 0 unspecified atom stereocenters. The van der Waals surface area contributed by atoms with Gasteiger partial charge in [-0.25, -0.2) is 8.42 Å². The van der Waals surface area contributed by atoms with Gasteiger partial charge in [-0.1, -0.05) is 11.8 Å². The quantitative estimate of drug-likeness (QED) is 0.599. The molecule has 0 saturated carbocycles. The van der Waals surface area contributed by atoms with Gasteiger partial charge in [-0.3, -0.25) is 4.79 Å². The second-order valence-electron chi connectivity index (χ2n) is 6.78. The lowest BCUT2D eigenvalue weighted by molar-refractivity contribution is -0.140. The second kappa shape index (κ2) is 7.94. The van der Waals surface area contributed by atoms with Crippen LogP contribution in [0.5, 0.6) is 0 Å². The fourth-order valence-corrected chi connectivity index (χ4v) is 4.95. The van der Waals surface area contributed by atoms with E-state index in [1.807, 2.05) is 6.07 Å². The number of rotatable bonds is 5. The van der Waals surface area contributed by atoms with Crippen LogP contribution in [-0.4, -0.2) is 30.2 Å². The second-order valence-corrected chi connectivity index (χ2v) is 9.85. The predicted molar refractivity (Wildman–Crippen MR) is 107 cm³/mol. The van der Waals surface area contributed by atoms with Crippen LogP contribution < -0.4 is 0 Å². The van der Waals surface area contributed by atoms with E-state index in [1.165, 1.54) is 22.7 Å². The summed E-state index contributed by atoms with van der Waals surface area (Å²) < 4.78 is 66.1. The molecule has 0 atom stereocenters. The number of nitriles is 1. The Morgan fingerprint density at radius 2 is 1.94 bits per heavy atom. The van der Waals surface area contributed by atoms with Crippen molar-refractivity contribution in [2.24, 2.45) is 0 Å². The number of sulfone groups is 1. The summed E-state index contributed by atoms with van der Waals surface area (Å²) >= 11 is 0.746. The van der Waals surface area contributed by atoms with Crippen molar-refractivity contribution in [3.8, 4) is 6.07 Å². The molecule has 1 N–H and O–H groups in total. The van der Waals surface area contributed by atoms with Gasteiger partial charge in [-0.15, -0.1) is 0 Å². The maximum Gasteiger partial charge on any atom is 0.417 e. The summed E-state index contributed by atoms with van der Waals surface area (Å²) in [5, 5.41) is 18.4. The average Bonchev–Trinajstić information content (AvgIpc) is 2.91. The summed E-state index contributed by atoms with van der Waals surface area (Å²) in [6.07, 6.45) is -2.85. The van der Waals surface area contributed by atoms with Gasteiger partial charge in [0.25, 0.3) is 0 Å². The molecule has 3 aromatic rings. The highest BCUT2D eigenvalue weighted by Crippen LogP contribution is 2.44. The molecule has 0 aliphatic carbocycles. The number of alkyl halides is 3.